The number of para-hydroxylation sites is 1. The minimum Gasteiger partial charge on any atom is -0.320 e. The Kier molecular flexibility index (Phi) is 4.35. The highest BCUT2D eigenvalue weighted by Gasteiger charge is 2.28. The molecule has 0 aromatic heterocycles. The van der Waals surface area contributed by atoms with Gasteiger partial charge in [-0.1, -0.05) is 48.0 Å². The van der Waals surface area contributed by atoms with E-state index < -0.39 is 0 Å². The molecule has 2 aromatic carbocycles. The molecule has 23 heavy (non-hydrogen) atoms. The van der Waals surface area contributed by atoms with E-state index in [0.717, 1.165) is 39.8 Å². The van der Waals surface area contributed by atoms with E-state index in [9.17, 15) is 4.79 Å². The van der Waals surface area contributed by atoms with Crippen molar-refractivity contribution < 1.29 is 4.79 Å². The first-order valence-corrected chi connectivity index (χ1v) is 8.65. The number of hydrogen-bond donors (Lipinski definition) is 1. The lowest BCUT2D eigenvalue weighted by molar-refractivity contribution is -0.110. The van der Waals surface area contributed by atoms with Gasteiger partial charge in [-0.15, -0.1) is 0 Å². The van der Waals surface area contributed by atoms with Gasteiger partial charge in [-0.3, -0.25) is 4.79 Å². The van der Waals surface area contributed by atoms with Gasteiger partial charge in [-0.25, -0.2) is 4.99 Å². The van der Waals surface area contributed by atoms with E-state index in [1.807, 2.05) is 19.1 Å². The highest BCUT2D eigenvalue weighted by molar-refractivity contribution is 9.10. The van der Waals surface area contributed by atoms with Gasteiger partial charge < -0.3 is 5.32 Å². The number of nitrogens with one attached hydrogen (secondary N) is 1. The molecule has 1 heterocycles. The Morgan fingerprint density at radius 2 is 1.78 bits per heavy atom. The summed E-state index contributed by atoms with van der Waals surface area (Å²) in [6.07, 6.45) is 1.79. The van der Waals surface area contributed by atoms with Crippen molar-refractivity contribution in [3.63, 3.8) is 0 Å². The van der Waals surface area contributed by atoms with Crippen LogP contribution in [-0.2, 0) is 17.6 Å². The molecule has 0 aliphatic carbocycles. The summed E-state index contributed by atoms with van der Waals surface area (Å²) in [5.41, 5.74) is 6.55. The predicted molar refractivity (Wildman–Crippen MR) is 98.9 cm³/mol. The van der Waals surface area contributed by atoms with Gasteiger partial charge in [-0.05, 0) is 48.6 Å². The van der Waals surface area contributed by atoms with E-state index in [2.05, 4.69) is 53.3 Å². The smallest absolute Gasteiger partial charge is 0.275 e. The summed E-state index contributed by atoms with van der Waals surface area (Å²) >= 11 is 3.51. The second kappa shape index (κ2) is 6.28. The molecule has 1 amide bonds. The fraction of sp³-hybridized carbons (Fsp3) is 0.263. The van der Waals surface area contributed by atoms with Gasteiger partial charge in [0.05, 0.1) is 11.4 Å². The monoisotopic (exact) mass is 370 g/mol. The molecule has 0 radical (unpaired) electrons. The molecular formula is C19H19BrN2O. The van der Waals surface area contributed by atoms with Gasteiger partial charge in [-0.2, -0.15) is 0 Å². The summed E-state index contributed by atoms with van der Waals surface area (Å²) < 4.78 is 0.956. The SMILES string of the molecule is CCc1cccc(CC)c1N=C1C(=O)Nc2c(C)cc(Br)cc21. The third-order valence-corrected chi connectivity index (χ3v) is 4.66. The Labute approximate surface area is 145 Å². The molecule has 1 aliphatic heterocycles. The molecule has 0 saturated heterocycles. The van der Waals surface area contributed by atoms with Crippen molar-refractivity contribution >= 4 is 38.9 Å². The number of halogens is 1. The molecule has 3 nitrogen and oxygen atoms in total. The second-order valence-corrected chi connectivity index (χ2v) is 6.61. The average Bonchev–Trinajstić information content (AvgIpc) is 2.84. The highest BCUT2D eigenvalue weighted by atomic mass is 79.9. The van der Waals surface area contributed by atoms with E-state index in [1.54, 1.807) is 0 Å². The van der Waals surface area contributed by atoms with Crippen LogP contribution in [0.3, 0.4) is 0 Å². The fourth-order valence-electron chi connectivity index (χ4n) is 2.97. The molecule has 118 valence electrons. The van der Waals surface area contributed by atoms with Crippen molar-refractivity contribution in [2.24, 2.45) is 4.99 Å². The molecule has 0 atom stereocenters. The van der Waals surface area contributed by atoms with E-state index in [4.69, 9.17) is 4.99 Å². The van der Waals surface area contributed by atoms with Crippen LogP contribution in [0.2, 0.25) is 0 Å². The number of nitrogens with zero attached hydrogens (tertiary/aromatic N) is 1. The summed E-state index contributed by atoms with van der Waals surface area (Å²) in [7, 11) is 0. The topological polar surface area (TPSA) is 41.5 Å². The summed E-state index contributed by atoms with van der Waals surface area (Å²) in [6, 6.07) is 10.2. The number of aliphatic imine (C=N–C) groups is 1. The van der Waals surface area contributed by atoms with Crippen molar-refractivity contribution in [3.05, 3.63) is 57.1 Å². The van der Waals surface area contributed by atoms with Crippen molar-refractivity contribution in [1.82, 2.24) is 0 Å². The Hall–Kier alpha value is -1.94. The first-order valence-electron chi connectivity index (χ1n) is 7.86. The van der Waals surface area contributed by atoms with Gasteiger partial charge in [0.25, 0.3) is 5.91 Å². The lowest BCUT2D eigenvalue weighted by atomic mass is 10.0. The molecule has 1 N–H and O–H groups in total. The number of fused-ring (bicyclic) bond motifs is 1. The largest absolute Gasteiger partial charge is 0.320 e. The van der Waals surface area contributed by atoms with Crippen LogP contribution in [0.15, 0.2) is 39.8 Å². The van der Waals surface area contributed by atoms with Crippen LogP contribution < -0.4 is 5.32 Å². The standard InChI is InChI=1S/C19H19BrN2O/c1-4-12-7-6-8-13(5-2)17(12)21-18-15-10-14(20)9-11(3)16(15)22-19(18)23/h6-10H,4-5H2,1-3H3,(H,21,22,23). The third-order valence-electron chi connectivity index (χ3n) is 4.20. The second-order valence-electron chi connectivity index (χ2n) is 5.69. The maximum absolute atomic E-state index is 12.4. The molecule has 0 unspecified atom stereocenters. The lowest BCUT2D eigenvalue weighted by Crippen LogP contribution is -2.14. The molecule has 0 bridgehead atoms. The van der Waals surface area contributed by atoms with Crippen molar-refractivity contribution in [2.45, 2.75) is 33.6 Å². The Balaban J connectivity index is 2.21. The summed E-state index contributed by atoms with van der Waals surface area (Å²) in [6.45, 7) is 6.22. The van der Waals surface area contributed by atoms with Gasteiger partial charge in [0.1, 0.15) is 5.71 Å². The third kappa shape index (κ3) is 2.83. The first-order chi connectivity index (χ1) is 11.0. The van der Waals surface area contributed by atoms with Crippen LogP contribution in [-0.4, -0.2) is 11.6 Å². The number of anilines is 1. The maximum Gasteiger partial charge on any atom is 0.275 e. The number of carbonyl (C=O) groups excluding carboxylic acids is 1. The van der Waals surface area contributed by atoms with Crippen LogP contribution in [0.5, 0.6) is 0 Å². The normalized spacial score (nSPS) is 15.0. The molecule has 3 rings (SSSR count). The average molecular weight is 371 g/mol. The van der Waals surface area contributed by atoms with Crippen LogP contribution in [0, 0.1) is 6.92 Å². The van der Waals surface area contributed by atoms with Gasteiger partial charge in [0.2, 0.25) is 0 Å². The zero-order valence-electron chi connectivity index (χ0n) is 13.5. The molecular weight excluding hydrogens is 352 g/mol. The Morgan fingerprint density at radius 3 is 2.39 bits per heavy atom. The first kappa shape index (κ1) is 15.9. The predicted octanol–water partition coefficient (Wildman–Crippen LogP) is 4.96. The molecule has 1 aliphatic rings. The molecule has 2 aromatic rings. The molecule has 0 fully saturated rings. The zero-order chi connectivity index (χ0) is 16.6. The quantitative estimate of drug-likeness (QED) is 0.815. The van der Waals surface area contributed by atoms with Crippen LogP contribution in [0.25, 0.3) is 0 Å². The highest BCUT2D eigenvalue weighted by Crippen LogP contribution is 2.34. The van der Waals surface area contributed by atoms with Gasteiger partial charge in [0, 0.05) is 10.0 Å². The Bertz CT molecular complexity index is 802. The fourth-order valence-corrected chi connectivity index (χ4v) is 3.54. The van der Waals surface area contributed by atoms with Crippen molar-refractivity contribution in [3.8, 4) is 0 Å². The lowest BCUT2D eigenvalue weighted by Gasteiger charge is -2.09. The van der Waals surface area contributed by atoms with E-state index in [1.165, 1.54) is 11.1 Å². The van der Waals surface area contributed by atoms with Crippen LogP contribution >= 0.6 is 15.9 Å². The van der Waals surface area contributed by atoms with Gasteiger partial charge >= 0.3 is 0 Å². The number of carbonyl (C=O) groups is 1. The molecule has 4 heteroatoms. The minimum atomic E-state index is -0.130. The number of benzene rings is 2. The molecule has 0 spiro atoms. The number of hydrogen-bond acceptors (Lipinski definition) is 2. The van der Waals surface area contributed by atoms with Crippen LogP contribution in [0.4, 0.5) is 11.4 Å². The zero-order valence-corrected chi connectivity index (χ0v) is 15.1. The van der Waals surface area contributed by atoms with Crippen molar-refractivity contribution in [2.75, 3.05) is 5.32 Å². The van der Waals surface area contributed by atoms with Crippen LogP contribution in [0.1, 0.15) is 36.1 Å². The van der Waals surface area contributed by atoms with Crippen molar-refractivity contribution in [1.29, 1.82) is 0 Å². The summed E-state index contributed by atoms with van der Waals surface area (Å²) in [4.78, 5) is 17.2. The molecule has 0 saturated carbocycles. The summed E-state index contributed by atoms with van der Waals surface area (Å²) in [5.74, 6) is -0.130. The van der Waals surface area contributed by atoms with E-state index in [-0.39, 0.29) is 5.91 Å². The van der Waals surface area contributed by atoms with Gasteiger partial charge in [0.15, 0.2) is 0 Å². The Morgan fingerprint density at radius 1 is 1.13 bits per heavy atom. The number of aryl methyl sites for hydroxylation is 3. The minimum absolute atomic E-state index is 0.130. The number of amides is 1. The summed E-state index contributed by atoms with van der Waals surface area (Å²) in [5, 5.41) is 2.95. The maximum atomic E-state index is 12.4. The number of rotatable bonds is 3. The van der Waals surface area contributed by atoms with E-state index >= 15 is 0 Å². The van der Waals surface area contributed by atoms with E-state index in [0.29, 0.717) is 5.71 Å².